The molecule has 1 aromatic heterocycles. The maximum absolute atomic E-state index is 13.2. The van der Waals surface area contributed by atoms with Crippen molar-refractivity contribution in [3.8, 4) is 5.88 Å². The Kier molecular flexibility index (Phi) is 2.29. The Morgan fingerprint density at radius 3 is 3.29 bits per heavy atom. The number of hydrogen-bond donors (Lipinski definition) is 1. The van der Waals surface area contributed by atoms with Gasteiger partial charge in [-0.05, 0) is 25.4 Å². The molecular formula is C10H13FN2O. The minimum atomic E-state index is -0.598. The van der Waals surface area contributed by atoms with Crippen LogP contribution in [0.2, 0.25) is 0 Å². The SMILES string of the molecule is [2H]c1c(F)cnc(OC)c1[C@H]1CCCN1. The summed E-state index contributed by atoms with van der Waals surface area (Å²) in [6.45, 7) is 0.893. The van der Waals surface area contributed by atoms with E-state index in [0.717, 1.165) is 25.6 Å². The number of halogens is 1. The van der Waals surface area contributed by atoms with Crippen molar-refractivity contribution in [1.82, 2.24) is 10.3 Å². The van der Waals surface area contributed by atoms with Crippen LogP contribution in [0.15, 0.2) is 12.2 Å². The van der Waals surface area contributed by atoms with Crippen LogP contribution in [-0.2, 0) is 0 Å². The lowest BCUT2D eigenvalue weighted by Gasteiger charge is -2.13. The highest BCUT2D eigenvalue weighted by Crippen LogP contribution is 2.29. The van der Waals surface area contributed by atoms with Crippen LogP contribution in [0.4, 0.5) is 4.39 Å². The first-order chi connectivity index (χ1) is 7.24. The summed E-state index contributed by atoms with van der Waals surface area (Å²) in [4.78, 5) is 3.84. The minimum Gasteiger partial charge on any atom is -0.481 e. The van der Waals surface area contributed by atoms with E-state index in [1.54, 1.807) is 0 Å². The lowest BCUT2D eigenvalue weighted by Crippen LogP contribution is -2.14. The highest BCUT2D eigenvalue weighted by atomic mass is 19.1. The van der Waals surface area contributed by atoms with E-state index in [0.29, 0.717) is 11.4 Å². The van der Waals surface area contributed by atoms with Crippen LogP contribution in [0.1, 0.15) is 25.8 Å². The van der Waals surface area contributed by atoms with Crippen molar-refractivity contribution in [1.29, 1.82) is 0 Å². The smallest absolute Gasteiger partial charge is 0.218 e. The molecule has 1 atom stereocenters. The zero-order chi connectivity index (χ0) is 10.8. The Morgan fingerprint density at radius 2 is 2.64 bits per heavy atom. The molecule has 1 N–H and O–H groups in total. The van der Waals surface area contributed by atoms with Gasteiger partial charge in [-0.3, -0.25) is 0 Å². The Morgan fingerprint density at radius 1 is 1.79 bits per heavy atom. The van der Waals surface area contributed by atoms with Gasteiger partial charge in [-0.1, -0.05) is 0 Å². The quantitative estimate of drug-likeness (QED) is 0.782. The van der Waals surface area contributed by atoms with E-state index >= 15 is 0 Å². The van der Waals surface area contributed by atoms with E-state index in [1.807, 2.05) is 0 Å². The maximum atomic E-state index is 13.2. The summed E-state index contributed by atoms with van der Waals surface area (Å²) < 4.78 is 25.9. The standard InChI is InChI=1S/C10H13FN2O/c1-14-10-8(5-7(11)6-13-10)9-3-2-4-12-9/h5-6,9,12H,2-4H2,1H3/t9-/m1/s1/i5D. The highest BCUT2D eigenvalue weighted by Gasteiger charge is 2.21. The molecule has 1 aromatic rings. The topological polar surface area (TPSA) is 34.1 Å². The number of methoxy groups -OCH3 is 1. The Balaban J connectivity index is 2.45. The van der Waals surface area contributed by atoms with Gasteiger partial charge in [0.15, 0.2) is 0 Å². The van der Waals surface area contributed by atoms with E-state index in [2.05, 4.69) is 10.3 Å². The lowest BCUT2D eigenvalue weighted by atomic mass is 10.1. The molecule has 0 bridgehead atoms. The molecule has 0 amide bonds. The normalized spacial score (nSPS) is 22.1. The lowest BCUT2D eigenvalue weighted by molar-refractivity contribution is 0.383. The molecule has 0 radical (unpaired) electrons. The summed E-state index contributed by atoms with van der Waals surface area (Å²) in [5.74, 6) is -0.250. The third-order valence-electron chi connectivity index (χ3n) is 2.38. The van der Waals surface area contributed by atoms with Crippen molar-refractivity contribution in [2.24, 2.45) is 0 Å². The Hall–Kier alpha value is -1.16. The number of nitrogens with one attached hydrogen (secondary N) is 1. The van der Waals surface area contributed by atoms with Gasteiger partial charge in [0.05, 0.1) is 14.7 Å². The molecule has 2 heterocycles. The predicted molar refractivity (Wildman–Crippen MR) is 50.7 cm³/mol. The van der Waals surface area contributed by atoms with Gasteiger partial charge in [-0.15, -0.1) is 0 Å². The monoisotopic (exact) mass is 197 g/mol. The van der Waals surface area contributed by atoms with Crippen LogP contribution in [0.25, 0.3) is 0 Å². The van der Waals surface area contributed by atoms with Gasteiger partial charge in [-0.25, -0.2) is 9.37 Å². The van der Waals surface area contributed by atoms with E-state index in [9.17, 15) is 4.39 Å². The summed E-state index contributed by atoms with van der Waals surface area (Å²) in [6, 6.07) is -0.114. The van der Waals surface area contributed by atoms with Crippen LogP contribution in [0, 0.1) is 5.82 Å². The van der Waals surface area contributed by atoms with E-state index in [1.165, 1.54) is 7.11 Å². The van der Waals surface area contributed by atoms with Crippen LogP contribution < -0.4 is 10.1 Å². The summed E-state index contributed by atoms with van der Waals surface area (Å²) >= 11 is 0. The van der Waals surface area contributed by atoms with Crippen LogP contribution >= 0.6 is 0 Å². The molecule has 3 nitrogen and oxygen atoms in total. The van der Waals surface area contributed by atoms with Gasteiger partial charge in [0.25, 0.3) is 0 Å². The van der Waals surface area contributed by atoms with Gasteiger partial charge in [0.2, 0.25) is 5.88 Å². The Bertz CT molecular complexity index is 367. The third-order valence-corrected chi connectivity index (χ3v) is 2.38. The molecule has 0 aromatic carbocycles. The van der Waals surface area contributed by atoms with Crippen LogP contribution in [0.3, 0.4) is 0 Å². The van der Waals surface area contributed by atoms with E-state index in [-0.39, 0.29) is 12.1 Å². The van der Waals surface area contributed by atoms with Crippen molar-refractivity contribution >= 4 is 0 Å². The number of pyridine rings is 1. The van der Waals surface area contributed by atoms with Crippen LogP contribution in [0.5, 0.6) is 5.88 Å². The average molecular weight is 197 g/mol. The first kappa shape index (κ1) is 8.17. The molecule has 4 heteroatoms. The fraction of sp³-hybridized carbons (Fsp3) is 0.500. The summed E-state index contributed by atoms with van der Waals surface area (Å²) in [5.41, 5.74) is 0.537. The molecule has 0 aliphatic carbocycles. The van der Waals surface area contributed by atoms with Gasteiger partial charge >= 0.3 is 0 Å². The molecule has 76 valence electrons. The second kappa shape index (κ2) is 3.92. The molecule has 1 aliphatic heterocycles. The van der Waals surface area contributed by atoms with Crippen LogP contribution in [-0.4, -0.2) is 18.6 Å². The van der Waals surface area contributed by atoms with Gasteiger partial charge in [0.1, 0.15) is 5.82 Å². The largest absolute Gasteiger partial charge is 0.481 e. The van der Waals surface area contributed by atoms with Crippen molar-refractivity contribution < 1.29 is 10.5 Å². The van der Waals surface area contributed by atoms with Gasteiger partial charge < -0.3 is 10.1 Å². The summed E-state index contributed by atoms with van der Waals surface area (Å²) in [5, 5.41) is 3.21. The number of aromatic nitrogens is 1. The van der Waals surface area contributed by atoms with E-state index < -0.39 is 5.82 Å². The molecule has 0 spiro atoms. The molecule has 1 aliphatic rings. The van der Waals surface area contributed by atoms with Crippen molar-refractivity contribution in [2.75, 3.05) is 13.7 Å². The number of hydrogen-bond acceptors (Lipinski definition) is 3. The molecular weight excluding hydrogens is 183 g/mol. The van der Waals surface area contributed by atoms with E-state index in [4.69, 9.17) is 6.11 Å². The molecule has 1 saturated heterocycles. The fourth-order valence-corrected chi connectivity index (χ4v) is 1.73. The second-order valence-electron chi connectivity index (χ2n) is 3.30. The Labute approximate surface area is 83.7 Å². The minimum absolute atomic E-state index is 0.00403. The molecule has 14 heavy (non-hydrogen) atoms. The maximum Gasteiger partial charge on any atom is 0.218 e. The fourth-order valence-electron chi connectivity index (χ4n) is 1.73. The van der Waals surface area contributed by atoms with Crippen molar-refractivity contribution in [3.05, 3.63) is 23.6 Å². The molecule has 0 saturated carbocycles. The van der Waals surface area contributed by atoms with Crippen molar-refractivity contribution in [3.63, 3.8) is 0 Å². The second-order valence-corrected chi connectivity index (χ2v) is 3.30. The summed E-state index contributed by atoms with van der Waals surface area (Å²) in [6.07, 6.45) is 2.96. The number of nitrogens with zero attached hydrogens (tertiary/aromatic N) is 1. The average Bonchev–Trinajstić information content (AvgIpc) is 2.75. The zero-order valence-corrected chi connectivity index (χ0v) is 8.01. The number of rotatable bonds is 2. The molecule has 0 unspecified atom stereocenters. The third kappa shape index (κ3) is 1.70. The summed E-state index contributed by atoms with van der Waals surface area (Å²) in [7, 11) is 1.48. The first-order valence-corrected chi connectivity index (χ1v) is 4.66. The number of ether oxygens (including phenoxy) is 1. The molecule has 1 fully saturated rings. The molecule has 2 rings (SSSR count). The highest BCUT2D eigenvalue weighted by molar-refractivity contribution is 5.30. The zero-order valence-electron chi connectivity index (χ0n) is 9.01. The van der Waals surface area contributed by atoms with Gasteiger partial charge in [0, 0.05) is 11.6 Å². The first-order valence-electron chi connectivity index (χ1n) is 5.16. The van der Waals surface area contributed by atoms with Gasteiger partial charge in [-0.2, -0.15) is 0 Å². The van der Waals surface area contributed by atoms with Crippen molar-refractivity contribution in [2.45, 2.75) is 18.9 Å². The predicted octanol–water partition coefficient (Wildman–Crippen LogP) is 1.65.